The molecule has 0 saturated carbocycles. The summed E-state index contributed by atoms with van der Waals surface area (Å²) in [5, 5.41) is 12.3. The zero-order valence-corrected chi connectivity index (χ0v) is 18.3. The van der Waals surface area contributed by atoms with Crippen LogP contribution < -0.4 is 5.32 Å². The van der Waals surface area contributed by atoms with Gasteiger partial charge in [-0.3, -0.25) is 9.59 Å². The Morgan fingerprint density at radius 3 is 2.83 bits per heavy atom. The maximum Gasteiger partial charge on any atom is 0.230 e. The van der Waals surface area contributed by atoms with Gasteiger partial charge in [0.1, 0.15) is 0 Å². The average molecular weight is 420 g/mol. The van der Waals surface area contributed by atoms with Crippen LogP contribution >= 0.6 is 11.8 Å². The molecule has 0 atom stereocenters. The molecule has 0 unspecified atom stereocenters. The molecule has 8 heteroatoms. The first-order valence-corrected chi connectivity index (χ1v) is 11.9. The Labute approximate surface area is 177 Å². The molecule has 1 N–H and O–H groups in total. The Kier molecular flexibility index (Phi) is 8.58. The summed E-state index contributed by atoms with van der Waals surface area (Å²) in [5.41, 5.74) is 1.47. The van der Waals surface area contributed by atoms with Crippen LogP contribution in [0.5, 0.6) is 0 Å². The van der Waals surface area contributed by atoms with Crippen molar-refractivity contribution < 1.29 is 9.59 Å². The highest BCUT2D eigenvalue weighted by molar-refractivity contribution is 7.99. The Hall–Kier alpha value is -1.83. The maximum absolute atomic E-state index is 12.3. The minimum Gasteiger partial charge on any atom is -0.355 e. The topological polar surface area (TPSA) is 80.1 Å². The average Bonchev–Trinajstić information content (AvgIpc) is 3.01. The van der Waals surface area contributed by atoms with Gasteiger partial charge in [0.05, 0.1) is 12.3 Å². The molecule has 0 spiro atoms. The smallest absolute Gasteiger partial charge is 0.230 e. The first kappa shape index (κ1) is 21.9. The number of likely N-dealkylation sites (tertiary alicyclic amines) is 1. The third-order valence-corrected chi connectivity index (χ3v) is 6.57. The monoisotopic (exact) mass is 419 g/mol. The summed E-state index contributed by atoms with van der Waals surface area (Å²) >= 11 is 1.41. The van der Waals surface area contributed by atoms with Crippen molar-refractivity contribution in [3.05, 3.63) is 17.5 Å². The van der Waals surface area contributed by atoms with Crippen LogP contribution in [0.2, 0.25) is 0 Å². The van der Waals surface area contributed by atoms with Crippen LogP contribution in [-0.2, 0) is 22.7 Å². The highest BCUT2D eigenvalue weighted by atomic mass is 32.2. The van der Waals surface area contributed by atoms with Gasteiger partial charge in [-0.15, -0.1) is 10.2 Å². The highest BCUT2D eigenvalue weighted by Crippen LogP contribution is 2.21. The second-order valence-corrected chi connectivity index (χ2v) is 8.71. The zero-order chi connectivity index (χ0) is 20.5. The molecule has 3 rings (SSSR count). The molecule has 0 bridgehead atoms. The molecule has 1 aliphatic heterocycles. The van der Waals surface area contributed by atoms with Crippen LogP contribution in [0.15, 0.2) is 16.8 Å². The fourth-order valence-corrected chi connectivity index (χ4v) is 4.76. The van der Waals surface area contributed by atoms with Crippen molar-refractivity contribution >= 4 is 23.6 Å². The zero-order valence-electron chi connectivity index (χ0n) is 17.5. The van der Waals surface area contributed by atoms with Gasteiger partial charge in [0.15, 0.2) is 11.0 Å². The lowest BCUT2D eigenvalue weighted by Crippen LogP contribution is -2.31. The van der Waals surface area contributed by atoms with E-state index >= 15 is 0 Å². The standard InChI is InChI=1S/C21H33N5O2S/c1-2-26-18(15-25-14-8-4-7-11-20(25)28)23-24-21(26)29-16-19(27)22-13-12-17-9-5-3-6-10-17/h9H,2-8,10-16H2,1H3,(H,22,27). The SMILES string of the molecule is CCn1c(CN2CCCCCC2=O)nnc1SCC(=O)NCCC1=CCCCC1. The van der Waals surface area contributed by atoms with Gasteiger partial charge in [-0.2, -0.15) is 0 Å². The van der Waals surface area contributed by atoms with Crippen LogP contribution in [0.4, 0.5) is 0 Å². The quantitative estimate of drug-likeness (QED) is 0.491. The van der Waals surface area contributed by atoms with E-state index in [4.69, 9.17) is 0 Å². The van der Waals surface area contributed by atoms with E-state index in [1.165, 1.54) is 43.0 Å². The van der Waals surface area contributed by atoms with Gasteiger partial charge in [0.2, 0.25) is 11.8 Å². The van der Waals surface area contributed by atoms with Gasteiger partial charge >= 0.3 is 0 Å². The molecule has 160 valence electrons. The summed E-state index contributed by atoms with van der Waals surface area (Å²) < 4.78 is 2.02. The number of hydrogen-bond acceptors (Lipinski definition) is 5. The van der Waals surface area contributed by atoms with Crippen molar-refractivity contribution in [2.45, 2.75) is 83.0 Å². The predicted octanol–water partition coefficient (Wildman–Crippen LogP) is 3.30. The van der Waals surface area contributed by atoms with E-state index in [0.29, 0.717) is 25.3 Å². The second-order valence-electron chi connectivity index (χ2n) is 7.77. The third kappa shape index (κ3) is 6.59. The van der Waals surface area contributed by atoms with Crippen LogP contribution in [0.1, 0.15) is 70.5 Å². The van der Waals surface area contributed by atoms with E-state index in [-0.39, 0.29) is 11.8 Å². The van der Waals surface area contributed by atoms with Crippen LogP contribution in [0, 0.1) is 0 Å². The van der Waals surface area contributed by atoms with E-state index in [1.54, 1.807) is 0 Å². The summed E-state index contributed by atoms with van der Waals surface area (Å²) in [7, 11) is 0. The number of carbonyl (C=O) groups is 2. The number of nitrogens with zero attached hydrogens (tertiary/aromatic N) is 4. The summed E-state index contributed by atoms with van der Waals surface area (Å²) in [6.07, 6.45) is 11.9. The Bertz CT molecular complexity index is 731. The van der Waals surface area contributed by atoms with Gasteiger partial charge in [-0.05, 0) is 51.9 Å². The minimum absolute atomic E-state index is 0.0290. The van der Waals surface area contributed by atoms with Gasteiger partial charge in [0, 0.05) is 26.1 Å². The molecule has 1 aliphatic carbocycles. The predicted molar refractivity (Wildman–Crippen MR) is 114 cm³/mol. The van der Waals surface area contributed by atoms with E-state index < -0.39 is 0 Å². The van der Waals surface area contributed by atoms with Crippen LogP contribution in [-0.4, -0.2) is 50.3 Å². The molecule has 1 saturated heterocycles. The first-order chi connectivity index (χ1) is 14.2. The number of amides is 2. The highest BCUT2D eigenvalue weighted by Gasteiger charge is 2.21. The molecule has 2 amide bonds. The molecule has 2 aliphatic rings. The van der Waals surface area contributed by atoms with E-state index in [2.05, 4.69) is 21.6 Å². The van der Waals surface area contributed by atoms with Crippen molar-refractivity contribution in [1.82, 2.24) is 25.0 Å². The molecule has 29 heavy (non-hydrogen) atoms. The van der Waals surface area contributed by atoms with Crippen molar-refractivity contribution in [2.75, 3.05) is 18.8 Å². The van der Waals surface area contributed by atoms with E-state index in [9.17, 15) is 9.59 Å². The van der Waals surface area contributed by atoms with Crippen molar-refractivity contribution in [1.29, 1.82) is 0 Å². The fraction of sp³-hybridized carbons (Fsp3) is 0.714. The van der Waals surface area contributed by atoms with E-state index in [1.807, 2.05) is 16.4 Å². The van der Waals surface area contributed by atoms with Gasteiger partial charge in [-0.25, -0.2) is 0 Å². The maximum atomic E-state index is 12.3. The molecule has 0 radical (unpaired) electrons. The fourth-order valence-electron chi connectivity index (χ4n) is 3.91. The first-order valence-electron chi connectivity index (χ1n) is 10.9. The second kappa shape index (κ2) is 11.4. The Morgan fingerprint density at radius 1 is 1.17 bits per heavy atom. The van der Waals surface area contributed by atoms with Crippen molar-refractivity contribution in [3.63, 3.8) is 0 Å². The van der Waals surface area contributed by atoms with Crippen molar-refractivity contribution in [2.24, 2.45) is 0 Å². The number of rotatable bonds is 9. The van der Waals surface area contributed by atoms with E-state index in [0.717, 1.165) is 49.8 Å². The van der Waals surface area contributed by atoms with Crippen LogP contribution in [0.3, 0.4) is 0 Å². The lowest BCUT2D eigenvalue weighted by Gasteiger charge is -2.20. The molecule has 2 heterocycles. The Balaban J connectivity index is 1.47. The largest absolute Gasteiger partial charge is 0.355 e. The molecular formula is C21H33N5O2S. The number of carbonyl (C=O) groups excluding carboxylic acids is 2. The summed E-state index contributed by atoms with van der Waals surface area (Å²) in [4.78, 5) is 26.4. The molecule has 7 nitrogen and oxygen atoms in total. The lowest BCUT2D eigenvalue weighted by atomic mass is 9.97. The molecular weight excluding hydrogens is 386 g/mol. The number of thioether (sulfide) groups is 1. The Morgan fingerprint density at radius 2 is 2.03 bits per heavy atom. The molecule has 0 aromatic carbocycles. The normalized spacial score (nSPS) is 17.8. The molecule has 1 fully saturated rings. The number of nitrogens with one attached hydrogen (secondary N) is 1. The number of allylic oxidation sites excluding steroid dienone is 1. The summed E-state index contributed by atoms with van der Waals surface area (Å²) in [5.74, 6) is 1.37. The number of hydrogen-bond donors (Lipinski definition) is 1. The summed E-state index contributed by atoms with van der Waals surface area (Å²) in [6, 6.07) is 0. The van der Waals surface area contributed by atoms with Gasteiger partial charge < -0.3 is 14.8 Å². The molecule has 1 aromatic rings. The van der Waals surface area contributed by atoms with Gasteiger partial charge in [-0.1, -0.05) is 29.8 Å². The minimum atomic E-state index is 0.0290. The number of aromatic nitrogens is 3. The molecule has 1 aromatic heterocycles. The lowest BCUT2D eigenvalue weighted by molar-refractivity contribution is -0.131. The summed E-state index contributed by atoms with van der Waals surface area (Å²) in [6.45, 7) is 4.76. The van der Waals surface area contributed by atoms with Crippen LogP contribution in [0.25, 0.3) is 0 Å². The third-order valence-electron chi connectivity index (χ3n) is 5.60. The van der Waals surface area contributed by atoms with Gasteiger partial charge in [0.25, 0.3) is 0 Å². The van der Waals surface area contributed by atoms with Crippen molar-refractivity contribution in [3.8, 4) is 0 Å².